The number of nitrogens with zero attached hydrogens (tertiary/aromatic N) is 1. The van der Waals surface area contributed by atoms with Crippen molar-refractivity contribution in [2.75, 3.05) is 18.5 Å². The van der Waals surface area contributed by atoms with E-state index >= 15 is 0 Å². The Morgan fingerprint density at radius 1 is 1.47 bits per heavy atom. The third-order valence-electron chi connectivity index (χ3n) is 2.20. The van der Waals surface area contributed by atoms with E-state index in [-0.39, 0.29) is 12.0 Å². The van der Waals surface area contributed by atoms with Crippen LogP contribution in [-0.4, -0.2) is 24.2 Å². The van der Waals surface area contributed by atoms with E-state index in [1.54, 1.807) is 18.2 Å². The van der Waals surface area contributed by atoms with Crippen molar-refractivity contribution in [3.63, 3.8) is 0 Å². The molecule has 1 rings (SSSR count). The van der Waals surface area contributed by atoms with E-state index in [0.29, 0.717) is 23.6 Å². The number of carboxylic acid groups (broad SMARTS) is 1. The zero-order valence-corrected chi connectivity index (χ0v) is 11.4. The minimum atomic E-state index is -0.952. The van der Waals surface area contributed by atoms with Gasteiger partial charge in [-0.2, -0.15) is 5.26 Å². The Labute approximate surface area is 112 Å². The Bertz CT molecular complexity index is 498. The SMILES string of the molecule is CC(C)(C)COc1ccc(NCC(=O)O)cc1C#N. The quantitative estimate of drug-likeness (QED) is 0.851. The minimum Gasteiger partial charge on any atom is -0.492 e. The topological polar surface area (TPSA) is 82.3 Å². The molecule has 0 saturated heterocycles. The van der Waals surface area contributed by atoms with Crippen LogP contribution in [0.5, 0.6) is 5.75 Å². The van der Waals surface area contributed by atoms with Crippen molar-refractivity contribution in [2.24, 2.45) is 5.41 Å². The summed E-state index contributed by atoms with van der Waals surface area (Å²) in [5, 5.41) is 20.4. The molecule has 0 radical (unpaired) electrons. The van der Waals surface area contributed by atoms with Crippen LogP contribution in [0.2, 0.25) is 0 Å². The monoisotopic (exact) mass is 262 g/mol. The van der Waals surface area contributed by atoms with Crippen LogP contribution in [0.4, 0.5) is 5.69 Å². The molecule has 5 heteroatoms. The van der Waals surface area contributed by atoms with Crippen LogP contribution < -0.4 is 10.1 Å². The lowest BCUT2D eigenvalue weighted by Crippen LogP contribution is -2.17. The number of anilines is 1. The molecule has 0 saturated carbocycles. The van der Waals surface area contributed by atoms with Crippen molar-refractivity contribution in [3.05, 3.63) is 23.8 Å². The number of hydrogen-bond donors (Lipinski definition) is 2. The lowest BCUT2D eigenvalue weighted by Gasteiger charge is -2.19. The smallest absolute Gasteiger partial charge is 0.322 e. The van der Waals surface area contributed by atoms with Crippen LogP contribution in [0.3, 0.4) is 0 Å². The number of carbonyl (C=O) groups is 1. The molecular formula is C14H18N2O3. The summed E-state index contributed by atoms with van der Waals surface area (Å²) in [6.45, 7) is 6.45. The van der Waals surface area contributed by atoms with E-state index in [1.807, 2.05) is 26.8 Å². The summed E-state index contributed by atoms with van der Waals surface area (Å²) in [7, 11) is 0. The molecule has 102 valence electrons. The summed E-state index contributed by atoms with van der Waals surface area (Å²) in [6, 6.07) is 7.00. The Kier molecular flexibility index (Phi) is 4.76. The number of ether oxygens (including phenoxy) is 1. The first-order valence-electron chi connectivity index (χ1n) is 5.94. The first kappa shape index (κ1) is 14.8. The normalized spacial score (nSPS) is 10.6. The Morgan fingerprint density at radius 2 is 2.16 bits per heavy atom. The Hall–Kier alpha value is -2.22. The highest BCUT2D eigenvalue weighted by atomic mass is 16.5. The van der Waals surface area contributed by atoms with Gasteiger partial charge in [-0.15, -0.1) is 0 Å². The second-order valence-electron chi connectivity index (χ2n) is 5.42. The minimum absolute atomic E-state index is 0.00690. The van der Waals surface area contributed by atoms with E-state index < -0.39 is 5.97 Å². The number of nitrogens with one attached hydrogen (secondary N) is 1. The molecule has 0 atom stereocenters. The van der Waals surface area contributed by atoms with Crippen LogP contribution in [0.25, 0.3) is 0 Å². The van der Waals surface area contributed by atoms with Crippen molar-refractivity contribution < 1.29 is 14.6 Å². The van der Waals surface area contributed by atoms with Crippen LogP contribution in [0.15, 0.2) is 18.2 Å². The zero-order chi connectivity index (χ0) is 14.5. The van der Waals surface area contributed by atoms with Gasteiger partial charge in [0, 0.05) is 5.69 Å². The van der Waals surface area contributed by atoms with Crippen LogP contribution in [-0.2, 0) is 4.79 Å². The van der Waals surface area contributed by atoms with Crippen molar-refractivity contribution in [3.8, 4) is 11.8 Å². The van der Waals surface area contributed by atoms with E-state index in [2.05, 4.69) is 5.32 Å². The molecule has 0 spiro atoms. The standard InChI is InChI=1S/C14H18N2O3/c1-14(2,3)9-19-12-5-4-11(6-10(12)7-15)16-8-13(17)18/h4-6,16H,8-9H2,1-3H3,(H,17,18). The van der Waals surface area contributed by atoms with Gasteiger partial charge in [0.2, 0.25) is 0 Å². The number of hydrogen-bond acceptors (Lipinski definition) is 4. The van der Waals surface area contributed by atoms with Crippen molar-refractivity contribution in [1.82, 2.24) is 0 Å². The molecule has 0 aliphatic carbocycles. The lowest BCUT2D eigenvalue weighted by molar-refractivity contribution is -0.134. The fourth-order valence-corrected chi connectivity index (χ4v) is 1.33. The van der Waals surface area contributed by atoms with E-state index in [4.69, 9.17) is 15.1 Å². The fourth-order valence-electron chi connectivity index (χ4n) is 1.33. The summed E-state index contributed by atoms with van der Waals surface area (Å²) in [6.07, 6.45) is 0. The summed E-state index contributed by atoms with van der Waals surface area (Å²) in [5.41, 5.74) is 0.981. The van der Waals surface area contributed by atoms with Crippen molar-refractivity contribution in [1.29, 1.82) is 5.26 Å². The molecule has 0 aliphatic heterocycles. The van der Waals surface area contributed by atoms with Gasteiger partial charge in [-0.05, 0) is 23.6 Å². The fraction of sp³-hybridized carbons (Fsp3) is 0.429. The highest BCUT2D eigenvalue weighted by Crippen LogP contribution is 2.24. The van der Waals surface area contributed by atoms with Crippen LogP contribution in [0.1, 0.15) is 26.3 Å². The number of aliphatic carboxylic acids is 1. The van der Waals surface area contributed by atoms with Gasteiger partial charge in [0.25, 0.3) is 0 Å². The van der Waals surface area contributed by atoms with Crippen LogP contribution >= 0.6 is 0 Å². The largest absolute Gasteiger partial charge is 0.492 e. The highest BCUT2D eigenvalue weighted by Gasteiger charge is 2.13. The lowest BCUT2D eigenvalue weighted by atomic mass is 9.98. The second kappa shape index (κ2) is 6.10. The van der Waals surface area contributed by atoms with E-state index in [0.717, 1.165) is 0 Å². The predicted octanol–water partition coefficient (Wildman–Crippen LogP) is 2.48. The molecule has 0 aliphatic rings. The third-order valence-corrected chi connectivity index (χ3v) is 2.20. The van der Waals surface area contributed by atoms with Gasteiger partial charge in [0.15, 0.2) is 0 Å². The molecule has 0 fully saturated rings. The number of carboxylic acids is 1. The third kappa shape index (κ3) is 5.30. The molecule has 2 N–H and O–H groups in total. The van der Waals surface area contributed by atoms with E-state index in [1.165, 1.54) is 0 Å². The number of nitriles is 1. The molecule has 19 heavy (non-hydrogen) atoms. The van der Waals surface area contributed by atoms with Gasteiger partial charge in [0.05, 0.1) is 12.2 Å². The summed E-state index contributed by atoms with van der Waals surface area (Å²) < 4.78 is 5.61. The van der Waals surface area contributed by atoms with Crippen molar-refractivity contribution >= 4 is 11.7 Å². The maximum Gasteiger partial charge on any atom is 0.322 e. The van der Waals surface area contributed by atoms with Gasteiger partial charge in [0.1, 0.15) is 18.4 Å². The number of rotatable bonds is 5. The zero-order valence-electron chi connectivity index (χ0n) is 11.4. The maximum atomic E-state index is 10.5. The highest BCUT2D eigenvalue weighted by molar-refractivity contribution is 5.73. The van der Waals surface area contributed by atoms with Crippen LogP contribution in [0, 0.1) is 16.7 Å². The molecular weight excluding hydrogens is 244 g/mol. The summed E-state index contributed by atoms with van der Waals surface area (Å²) in [4.78, 5) is 10.5. The Morgan fingerprint density at radius 3 is 2.68 bits per heavy atom. The molecule has 5 nitrogen and oxygen atoms in total. The molecule has 0 bridgehead atoms. The molecule has 0 aromatic heterocycles. The van der Waals surface area contributed by atoms with Gasteiger partial charge in [-0.3, -0.25) is 4.79 Å². The molecule has 1 aromatic carbocycles. The maximum absolute atomic E-state index is 10.5. The average molecular weight is 262 g/mol. The Balaban J connectivity index is 2.79. The molecule has 0 heterocycles. The first-order valence-corrected chi connectivity index (χ1v) is 5.94. The van der Waals surface area contributed by atoms with E-state index in [9.17, 15) is 4.79 Å². The molecule has 0 amide bonds. The second-order valence-corrected chi connectivity index (χ2v) is 5.42. The number of benzene rings is 1. The van der Waals surface area contributed by atoms with Gasteiger partial charge < -0.3 is 15.2 Å². The molecule has 1 aromatic rings. The van der Waals surface area contributed by atoms with Crippen molar-refractivity contribution in [2.45, 2.75) is 20.8 Å². The van der Waals surface area contributed by atoms with Gasteiger partial charge in [-0.25, -0.2) is 0 Å². The summed E-state index contributed by atoms with van der Waals surface area (Å²) in [5.74, 6) is -0.440. The molecule has 0 unspecified atom stereocenters. The van der Waals surface area contributed by atoms with Gasteiger partial charge >= 0.3 is 5.97 Å². The predicted molar refractivity (Wildman–Crippen MR) is 72.2 cm³/mol. The van der Waals surface area contributed by atoms with Gasteiger partial charge in [-0.1, -0.05) is 20.8 Å². The first-order chi connectivity index (χ1) is 8.81. The average Bonchev–Trinajstić information content (AvgIpc) is 2.33. The summed E-state index contributed by atoms with van der Waals surface area (Å²) >= 11 is 0.